The van der Waals surface area contributed by atoms with Crippen LogP contribution >= 0.6 is 7.82 Å². The third-order valence-electron chi connectivity index (χ3n) is 12.6. The van der Waals surface area contributed by atoms with E-state index in [0.717, 1.165) is 70.6 Å². The zero-order valence-electron chi connectivity index (χ0n) is 44.4. The number of hydrogen-bond acceptors (Lipinski definition) is 7. The fourth-order valence-corrected chi connectivity index (χ4v) is 8.95. The van der Waals surface area contributed by atoms with E-state index in [9.17, 15) is 19.0 Å². The van der Waals surface area contributed by atoms with Gasteiger partial charge < -0.3 is 28.5 Å². The number of esters is 1. The van der Waals surface area contributed by atoms with E-state index in [0.29, 0.717) is 17.4 Å². The number of likely N-dealkylation sites (N-methyl/N-ethyl adjacent to an activating group) is 1. The predicted molar refractivity (Wildman–Crippen MR) is 280 cm³/mol. The molecule has 0 fully saturated rings. The number of phosphoric acid groups is 1. The number of carbonyl (C=O) groups is 2. The van der Waals surface area contributed by atoms with Crippen LogP contribution in [-0.4, -0.2) is 69.4 Å². The lowest BCUT2D eigenvalue weighted by molar-refractivity contribution is -0.870. The van der Waals surface area contributed by atoms with Crippen molar-refractivity contribution < 1.29 is 37.3 Å². The Morgan fingerprint density at radius 3 is 1.30 bits per heavy atom. The molecule has 390 valence electrons. The highest BCUT2D eigenvalue weighted by atomic mass is 31.2. The molecular formula is C56H109N2O7P. The van der Waals surface area contributed by atoms with Crippen molar-refractivity contribution in [1.29, 1.82) is 0 Å². The molecule has 0 aliphatic carbocycles. The van der Waals surface area contributed by atoms with Crippen molar-refractivity contribution in [3.63, 3.8) is 0 Å². The topological polar surface area (TPSA) is 114 Å². The highest BCUT2D eigenvalue weighted by Crippen LogP contribution is 2.38. The molecule has 0 aliphatic heterocycles. The molecule has 0 saturated heterocycles. The van der Waals surface area contributed by atoms with E-state index < -0.39 is 20.0 Å². The Kier molecular flexibility index (Phi) is 46.1. The summed E-state index contributed by atoms with van der Waals surface area (Å²) in [5.41, 5.74) is 0. The number of allylic oxidation sites excluding steroid dienone is 3. The van der Waals surface area contributed by atoms with Crippen LogP contribution in [0.15, 0.2) is 24.3 Å². The van der Waals surface area contributed by atoms with Gasteiger partial charge in [0.2, 0.25) is 5.91 Å². The molecule has 1 amide bonds. The first kappa shape index (κ1) is 64.5. The molecule has 0 heterocycles. The number of rotatable bonds is 51. The molecule has 0 rings (SSSR count). The van der Waals surface area contributed by atoms with Crippen molar-refractivity contribution in [2.45, 2.75) is 283 Å². The molecule has 0 aliphatic rings. The van der Waals surface area contributed by atoms with E-state index in [1.165, 1.54) is 167 Å². The Bertz CT molecular complexity index is 1190. The van der Waals surface area contributed by atoms with Crippen molar-refractivity contribution in [2.75, 3.05) is 40.9 Å². The van der Waals surface area contributed by atoms with Gasteiger partial charge in [-0.3, -0.25) is 14.2 Å². The summed E-state index contributed by atoms with van der Waals surface area (Å²) in [4.78, 5) is 39.7. The molecule has 0 saturated carbocycles. The number of nitrogens with one attached hydrogen (secondary N) is 1. The summed E-state index contributed by atoms with van der Waals surface area (Å²) in [5.74, 6) is -0.549. The Hall–Kier alpha value is -1.51. The van der Waals surface area contributed by atoms with Crippen molar-refractivity contribution in [2.24, 2.45) is 0 Å². The van der Waals surface area contributed by atoms with Gasteiger partial charge in [-0.1, -0.05) is 225 Å². The van der Waals surface area contributed by atoms with Gasteiger partial charge in [-0.15, -0.1) is 0 Å². The number of ether oxygens (including phenoxy) is 1. The summed E-state index contributed by atoms with van der Waals surface area (Å²) >= 11 is 0. The maximum atomic E-state index is 13.4. The zero-order valence-corrected chi connectivity index (χ0v) is 45.3. The van der Waals surface area contributed by atoms with Gasteiger partial charge in [0, 0.05) is 12.8 Å². The molecule has 0 radical (unpaired) electrons. The summed E-state index contributed by atoms with van der Waals surface area (Å²) < 4.78 is 30.2. The standard InChI is InChI=1S/C56H109N2O7P/c1-7-10-13-16-19-22-25-28-29-31-34-37-40-43-46-49-56(60)65-54(47-44-41-38-35-32-27-24-21-18-15-12-9-3)53(52-64-66(61,62)63-51-50-58(4,5)6)57-55(59)48-45-42-39-36-33-30-26-23-20-17-14-11-8-2/h30,33,44,47,53-54H,7-29,31-32,34-43,45-46,48-52H2,1-6H3,(H-,57,59,61,62)/b33-30-,47-44+. The SMILES string of the molecule is CCCCCCCC/C=C\CCCCCC(=O)NC(COP(=O)([O-])OCC[N+](C)(C)C)C(/C=C/CCCCCCCCCCCC)OC(=O)CCCCCCCCCCCCCCCCC. The number of unbranched alkanes of at least 4 members (excludes halogenated alkanes) is 33. The molecule has 0 aromatic carbocycles. The minimum absolute atomic E-state index is 0.0219. The fraction of sp³-hybridized carbons (Fsp3) is 0.893. The number of amides is 1. The van der Waals surface area contributed by atoms with Crippen LogP contribution in [0.4, 0.5) is 0 Å². The lowest BCUT2D eigenvalue weighted by atomic mass is 10.0. The van der Waals surface area contributed by atoms with Gasteiger partial charge in [0.15, 0.2) is 0 Å². The molecule has 10 heteroatoms. The summed E-state index contributed by atoms with van der Waals surface area (Å²) in [5, 5.41) is 3.01. The van der Waals surface area contributed by atoms with E-state index in [4.69, 9.17) is 13.8 Å². The molecule has 1 N–H and O–H groups in total. The van der Waals surface area contributed by atoms with Crippen LogP contribution in [0, 0.1) is 0 Å². The molecule has 0 aromatic rings. The van der Waals surface area contributed by atoms with Crippen molar-refractivity contribution in [3.8, 4) is 0 Å². The van der Waals surface area contributed by atoms with Crippen LogP contribution in [0.3, 0.4) is 0 Å². The summed E-state index contributed by atoms with van der Waals surface area (Å²) in [7, 11) is 1.19. The van der Waals surface area contributed by atoms with Crippen molar-refractivity contribution in [1.82, 2.24) is 5.32 Å². The number of nitrogens with zero attached hydrogens (tertiary/aromatic N) is 1. The lowest BCUT2D eigenvalue weighted by Crippen LogP contribution is -2.47. The van der Waals surface area contributed by atoms with Crippen molar-refractivity contribution >= 4 is 19.7 Å². The molecule has 66 heavy (non-hydrogen) atoms. The van der Waals surface area contributed by atoms with E-state index >= 15 is 0 Å². The highest BCUT2D eigenvalue weighted by Gasteiger charge is 2.27. The third kappa shape index (κ3) is 47.6. The maximum Gasteiger partial charge on any atom is 0.306 e. The normalized spacial score (nSPS) is 14.0. The van der Waals surface area contributed by atoms with Crippen LogP contribution in [-0.2, 0) is 27.9 Å². The van der Waals surface area contributed by atoms with Crippen LogP contribution in [0.5, 0.6) is 0 Å². The first-order chi connectivity index (χ1) is 31.9. The largest absolute Gasteiger partial charge is 0.756 e. The van der Waals surface area contributed by atoms with E-state index in [2.05, 4.69) is 38.2 Å². The summed E-state index contributed by atoms with van der Waals surface area (Å²) in [6, 6.07) is -0.888. The van der Waals surface area contributed by atoms with Gasteiger partial charge >= 0.3 is 5.97 Å². The van der Waals surface area contributed by atoms with Crippen LogP contribution < -0.4 is 10.2 Å². The monoisotopic (exact) mass is 953 g/mol. The number of carbonyl (C=O) groups excluding carboxylic acids is 2. The van der Waals surface area contributed by atoms with E-state index in [-0.39, 0.29) is 31.5 Å². The maximum absolute atomic E-state index is 13.4. The van der Waals surface area contributed by atoms with E-state index in [1.807, 2.05) is 33.3 Å². The first-order valence-electron chi connectivity index (χ1n) is 28.1. The Balaban J connectivity index is 5.37. The minimum Gasteiger partial charge on any atom is -0.756 e. The minimum atomic E-state index is -4.69. The average Bonchev–Trinajstić information content (AvgIpc) is 3.27. The zero-order chi connectivity index (χ0) is 48.7. The van der Waals surface area contributed by atoms with Gasteiger partial charge in [-0.2, -0.15) is 0 Å². The summed E-state index contributed by atoms with van der Waals surface area (Å²) in [6.45, 7) is 6.84. The Labute approximate surface area is 409 Å². The van der Waals surface area contributed by atoms with Crippen LogP contribution in [0.2, 0.25) is 0 Å². The number of hydrogen-bond donors (Lipinski definition) is 1. The number of quaternary nitrogens is 1. The Morgan fingerprint density at radius 1 is 0.515 bits per heavy atom. The smallest absolute Gasteiger partial charge is 0.306 e. The molecule has 3 unspecified atom stereocenters. The quantitative estimate of drug-likeness (QED) is 0.0212. The number of phosphoric ester groups is 1. The Morgan fingerprint density at radius 2 is 0.879 bits per heavy atom. The molecule has 3 atom stereocenters. The molecule has 0 bridgehead atoms. The first-order valence-corrected chi connectivity index (χ1v) is 29.6. The molecular weight excluding hydrogens is 844 g/mol. The highest BCUT2D eigenvalue weighted by molar-refractivity contribution is 7.45. The van der Waals surface area contributed by atoms with Gasteiger partial charge in [0.25, 0.3) is 7.82 Å². The fourth-order valence-electron chi connectivity index (χ4n) is 8.22. The van der Waals surface area contributed by atoms with Crippen molar-refractivity contribution in [3.05, 3.63) is 24.3 Å². The van der Waals surface area contributed by atoms with Gasteiger partial charge in [-0.25, -0.2) is 0 Å². The second-order valence-corrected chi connectivity index (χ2v) is 21.9. The third-order valence-corrected chi connectivity index (χ3v) is 13.6. The van der Waals surface area contributed by atoms with Crippen LogP contribution in [0.25, 0.3) is 0 Å². The predicted octanol–water partition coefficient (Wildman–Crippen LogP) is 16.0. The van der Waals surface area contributed by atoms with Crippen LogP contribution in [0.1, 0.15) is 271 Å². The van der Waals surface area contributed by atoms with E-state index in [1.54, 1.807) is 0 Å². The van der Waals surface area contributed by atoms with Gasteiger partial charge in [0.1, 0.15) is 19.3 Å². The van der Waals surface area contributed by atoms with Gasteiger partial charge in [-0.05, 0) is 57.4 Å². The average molecular weight is 953 g/mol. The second kappa shape index (κ2) is 47.2. The molecule has 0 aromatic heterocycles. The van der Waals surface area contributed by atoms with Gasteiger partial charge in [0.05, 0.1) is 33.8 Å². The molecule has 0 spiro atoms. The lowest BCUT2D eigenvalue weighted by Gasteiger charge is -2.30. The summed E-state index contributed by atoms with van der Waals surface area (Å²) in [6.07, 6.45) is 52.8. The molecule has 9 nitrogen and oxygen atoms in total. The second-order valence-electron chi connectivity index (χ2n) is 20.4.